The van der Waals surface area contributed by atoms with E-state index in [0.717, 1.165) is 10.8 Å². The number of rotatable bonds is 3. The van der Waals surface area contributed by atoms with Gasteiger partial charge in [0.15, 0.2) is 0 Å². The van der Waals surface area contributed by atoms with Crippen LogP contribution in [0.15, 0.2) is 41.6 Å². The third-order valence-corrected chi connectivity index (χ3v) is 3.12. The summed E-state index contributed by atoms with van der Waals surface area (Å²) >= 11 is 1.67. The Morgan fingerprint density at radius 1 is 1.31 bits per heavy atom. The molecule has 0 unspecified atom stereocenters. The highest BCUT2D eigenvalue weighted by Gasteiger charge is 1.98. The maximum absolute atomic E-state index is 5.52. The Bertz CT molecular complexity index is 440. The molecule has 2 aromatic rings. The first-order chi connectivity index (χ1) is 7.74. The Morgan fingerprint density at radius 2 is 2.19 bits per heavy atom. The Hall–Kier alpha value is -1.55. The lowest BCUT2D eigenvalue weighted by Crippen LogP contribution is -1.94. The summed E-state index contributed by atoms with van der Waals surface area (Å²) in [6.45, 7) is 2.09. The van der Waals surface area contributed by atoms with E-state index in [2.05, 4.69) is 41.2 Å². The summed E-state index contributed by atoms with van der Waals surface area (Å²) in [5, 5.41) is 0.911. The smallest absolute Gasteiger partial charge is 0.221 e. The van der Waals surface area contributed by atoms with Crippen LogP contribution in [0.5, 0.6) is 0 Å². The second-order valence-electron chi connectivity index (χ2n) is 3.53. The molecule has 0 aliphatic carbocycles. The molecule has 3 nitrogen and oxygen atoms in total. The predicted octanol–water partition coefficient (Wildman–Crippen LogP) is 2.66. The van der Waals surface area contributed by atoms with Crippen LogP contribution in [0.2, 0.25) is 0 Å². The third kappa shape index (κ3) is 2.97. The number of nitrogens with two attached hydrogens (primary N) is 1. The van der Waals surface area contributed by atoms with Gasteiger partial charge in [-0.05, 0) is 18.6 Å². The van der Waals surface area contributed by atoms with Crippen molar-refractivity contribution >= 4 is 17.7 Å². The van der Waals surface area contributed by atoms with Crippen molar-refractivity contribution in [2.75, 3.05) is 5.73 Å². The first kappa shape index (κ1) is 11.0. The maximum atomic E-state index is 5.52. The van der Waals surface area contributed by atoms with Crippen LogP contribution in [0, 0.1) is 6.92 Å². The van der Waals surface area contributed by atoms with Crippen molar-refractivity contribution in [3.8, 4) is 0 Å². The molecule has 0 fully saturated rings. The fraction of sp³-hybridized carbons (Fsp3) is 0.167. The lowest BCUT2D eigenvalue weighted by molar-refractivity contribution is 1.06. The molecule has 82 valence electrons. The average molecular weight is 231 g/mol. The van der Waals surface area contributed by atoms with Crippen molar-refractivity contribution in [1.82, 2.24) is 9.97 Å². The number of aromatic nitrogens is 2. The summed E-state index contributed by atoms with van der Waals surface area (Å²) in [6, 6.07) is 10.3. The number of thioether (sulfide) groups is 1. The van der Waals surface area contributed by atoms with Crippen molar-refractivity contribution in [2.24, 2.45) is 0 Å². The van der Waals surface area contributed by atoms with Gasteiger partial charge in [0.1, 0.15) is 5.03 Å². The van der Waals surface area contributed by atoms with Gasteiger partial charge in [-0.25, -0.2) is 9.97 Å². The lowest BCUT2D eigenvalue weighted by atomic mass is 10.2. The molecular weight excluding hydrogens is 218 g/mol. The molecule has 1 heterocycles. The predicted molar refractivity (Wildman–Crippen MR) is 67.2 cm³/mol. The minimum Gasteiger partial charge on any atom is -0.368 e. The molecule has 0 saturated carbocycles. The van der Waals surface area contributed by atoms with E-state index in [9.17, 15) is 0 Å². The number of anilines is 1. The highest BCUT2D eigenvalue weighted by molar-refractivity contribution is 7.98. The van der Waals surface area contributed by atoms with Gasteiger partial charge in [-0.3, -0.25) is 0 Å². The van der Waals surface area contributed by atoms with E-state index in [1.807, 2.05) is 6.07 Å². The number of hydrogen-bond acceptors (Lipinski definition) is 4. The Labute approximate surface area is 99.1 Å². The standard InChI is InChI=1S/C12H13N3S/c1-9-3-2-4-10(7-9)8-16-11-5-6-14-12(13)15-11/h2-7H,8H2,1H3,(H2,13,14,15). The zero-order valence-electron chi connectivity index (χ0n) is 9.05. The fourth-order valence-corrected chi connectivity index (χ4v) is 2.21. The maximum Gasteiger partial charge on any atom is 0.221 e. The molecule has 2 rings (SSSR count). The molecule has 1 aromatic carbocycles. The summed E-state index contributed by atoms with van der Waals surface area (Å²) in [5.74, 6) is 1.23. The van der Waals surface area contributed by atoms with Gasteiger partial charge in [-0.1, -0.05) is 29.8 Å². The summed E-state index contributed by atoms with van der Waals surface area (Å²) in [5.41, 5.74) is 8.09. The minimum atomic E-state index is 0.328. The van der Waals surface area contributed by atoms with Crippen molar-refractivity contribution in [3.63, 3.8) is 0 Å². The molecule has 2 N–H and O–H groups in total. The zero-order valence-corrected chi connectivity index (χ0v) is 9.87. The van der Waals surface area contributed by atoms with Crippen LogP contribution >= 0.6 is 11.8 Å². The van der Waals surface area contributed by atoms with Gasteiger partial charge >= 0.3 is 0 Å². The van der Waals surface area contributed by atoms with Crippen LogP contribution in [0.1, 0.15) is 11.1 Å². The normalized spacial score (nSPS) is 10.3. The van der Waals surface area contributed by atoms with E-state index < -0.39 is 0 Å². The first-order valence-corrected chi connectivity index (χ1v) is 5.99. The van der Waals surface area contributed by atoms with Crippen molar-refractivity contribution in [3.05, 3.63) is 47.7 Å². The topological polar surface area (TPSA) is 51.8 Å². The molecule has 0 atom stereocenters. The van der Waals surface area contributed by atoms with E-state index in [1.165, 1.54) is 11.1 Å². The number of aryl methyl sites for hydroxylation is 1. The van der Waals surface area contributed by atoms with Crippen molar-refractivity contribution in [2.45, 2.75) is 17.7 Å². The number of nitrogen functional groups attached to an aromatic ring is 1. The van der Waals surface area contributed by atoms with Crippen LogP contribution in [0.4, 0.5) is 5.95 Å². The van der Waals surface area contributed by atoms with Gasteiger partial charge in [0.2, 0.25) is 5.95 Å². The van der Waals surface area contributed by atoms with E-state index in [1.54, 1.807) is 18.0 Å². The molecule has 0 aliphatic rings. The second-order valence-corrected chi connectivity index (χ2v) is 4.53. The highest BCUT2D eigenvalue weighted by atomic mass is 32.2. The molecule has 4 heteroatoms. The van der Waals surface area contributed by atoms with Crippen molar-refractivity contribution in [1.29, 1.82) is 0 Å². The molecule has 0 bridgehead atoms. The zero-order chi connectivity index (χ0) is 11.4. The van der Waals surface area contributed by atoms with E-state index in [0.29, 0.717) is 5.95 Å². The molecule has 0 saturated heterocycles. The van der Waals surface area contributed by atoms with Crippen LogP contribution < -0.4 is 5.73 Å². The van der Waals surface area contributed by atoms with E-state index >= 15 is 0 Å². The summed E-state index contributed by atoms with van der Waals surface area (Å²) in [7, 11) is 0. The molecule has 0 spiro atoms. The highest BCUT2D eigenvalue weighted by Crippen LogP contribution is 2.21. The molecule has 1 aromatic heterocycles. The van der Waals surface area contributed by atoms with Crippen LogP contribution in [0.3, 0.4) is 0 Å². The summed E-state index contributed by atoms with van der Waals surface area (Å²) < 4.78 is 0. The number of hydrogen-bond donors (Lipinski definition) is 1. The number of nitrogens with zero attached hydrogens (tertiary/aromatic N) is 2. The van der Waals surface area contributed by atoms with Gasteiger partial charge in [0.25, 0.3) is 0 Å². The van der Waals surface area contributed by atoms with Crippen LogP contribution in [0.25, 0.3) is 0 Å². The number of benzene rings is 1. The van der Waals surface area contributed by atoms with Gasteiger partial charge < -0.3 is 5.73 Å². The molecule has 0 amide bonds. The van der Waals surface area contributed by atoms with Gasteiger partial charge in [0, 0.05) is 11.9 Å². The summed E-state index contributed by atoms with van der Waals surface area (Å²) in [4.78, 5) is 8.00. The van der Waals surface area contributed by atoms with Gasteiger partial charge in [-0.15, -0.1) is 11.8 Å². The molecule has 0 aliphatic heterocycles. The van der Waals surface area contributed by atoms with Crippen LogP contribution in [-0.2, 0) is 5.75 Å². The molecular formula is C12H13N3S. The van der Waals surface area contributed by atoms with Gasteiger partial charge in [-0.2, -0.15) is 0 Å². The lowest BCUT2D eigenvalue weighted by Gasteiger charge is -2.02. The quantitative estimate of drug-likeness (QED) is 0.651. The molecule has 16 heavy (non-hydrogen) atoms. The van der Waals surface area contributed by atoms with E-state index in [4.69, 9.17) is 5.73 Å². The van der Waals surface area contributed by atoms with Crippen LogP contribution in [-0.4, -0.2) is 9.97 Å². The van der Waals surface area contributed by atoms with Gasteiger partial charge in [0.05, 0.1) is 0 Å². The SMILES string of the molecule is Cc1cccc(CSc2ccnc(N)n2)c1. The Morgan fingerprint density at radius 3 is 2.94 bits per heavy atom. The summed E-state index contributed by atoms with van der Waals surface area (Å²) in [6.07, 6.45) is 1.68. The minimum absolute atomic E-state index is 0.328. The third-order valence-electron chi connectivity index (χ3n) is 2.12. The van der Waals surface area contributed by atoms with Crippen molar-refractivity contribution < 1.29 is 0 Å². The fourth-order valence-electron chi connectivity index (χ4n) is 1.40. The van der Waals surface area contributed by atoms with E-state index in [-0.39, 0.29) is 0 Å². The first-order valence-electron chi connectivity index (χ1n) is 5.01. The molecule has 0 radical (unpaired) electrons. The second kappa shape index (κ2) is 4.99. The largest absolute Gasteiger partial charge is 0.368 e. The Kier molecular flexibility index (Phi) is 3.41. The Balaban J connectivity index is 2.02. The monoisotopic (exact) mass is 231 g/mol. The average Bonchev–Trinajstić information content (AvgIpc) is 2.27.